The summed E-state index contributed by atoms with van der Waals surface area (Å²) in [5.41, 5.74) is 1.69. The molecule has 26 heavy (non-hydrogen) atoms. The first kappa shape index (κ1) is 19.9. The minimum atomic E-state index is -3.86. The summed E-state index contributed by atoms with van der Waals surface area (Å²) in [5, 5.41) is 0. The van der Waals surface area contributed by atoms with Crippen molar-refractivity contribution in [3.63, 3.8) is 0 Å². The average molecular weight is 376 g/mol. The van der Waals surface area contributed by atoms with Crippen molar-refractivity contribution >= 4 is 16.0 Å². The second kappa shape index (κ2) is 8.33. The monoisotopic (exact) mass is 376 g/mol. The molecule has 1 N–H and O–H groups in total. The van der Waals surface area contributed by atoms with Crippen LogP contribution in [0.4, 0.5) is 0 Å². The molecular weight excluding hydrogens is 353 g/mol. The van der Waals surface area contributed by atoms with Crippen LogP contribution in [0.25, 0.3) is 11.1 Å². The van der Waals surface area contributed by atoms with E-state index in [9.17, 15) is 13.2 Å². The average Bonchev–Trinajstić information content (AvgIpc) is 2.65. The standard InChI is InChI=1S/C19H23NO5S/c1-13(2)18(19(21)25-4)20-26(22,23)15-11-9-14(10-12-15)16-7-5-6-8-17(16)24-3/h5-13,18,20H,1-4H3/t18-/m0/s1/i4-1. The fourth-order valence-electron chi connectivity index (χ4n) is 2.52. The lowest BCUT2D eigenvalue weighted by atomic mass is 10.1. The Hall–Kier alpha value is -2.38. The molecule has 0 saturated heterocycles. The lowest BCUT2D eigenvalue weighted by Gasteiger charge is -2.19. The molecule has 2 rings (SSSR count). The highest BCUT2D eigenvalue weighted by molar-refractivity contribution is 7.89. The highest BCUT2D eigenvalue weighted by Crippen LogP contribution is 2.30. The van der Waals surface area contributed by atoms with Crippen LogP contribution < -0.4 is 9.46 Å². The molecule has 0 aliphatic rings. The van der Waals surface area contributed by atoms with Crippen molar-refractivity contribution in [2.75, 3.05) is 14.2 Å². The highest BCUT2D eigenvalue weighted by atomic mass is 32.2. The number of benzene rings is 2. The van der Waals surface area contributed by atoms with E-state index in [0.29, 0.717) is 5.75 Å². The third-order valence-electron chi connectivity index (χ3n) is 3.99. The van der Waals surface area contributed by atoms with Gasteiger partial charge in [-0.1, -0.05) is 44.2 Å². The lowest BCUT2D eigenvalue weighted by Crippen LogP contribution is -2.44. The lowest BCUT2D eigenvalue weighted by molar-refractivity contribution is -0.143. The van der Waals surface area contributed by atoms with Gasteiger partial charge >= 0.3 is 5.97 Å². The molecule has 2 aromatic rings. The van der Waals surface area contributed by atoms with E-state index in [1.165, 1.54) is 19.2 Å². The molecule has 7 heteroatoms. The van der Waals surface area contributed by atoms with Crippen molar-refractivity contribution in [1.82, 2.24) is 4.72 Å². The van der Waals surface area contributed by atoms with Gasteiger partial charge in [-0.15, -0.1) is 0 Å². The van der Waals surface area contributed by atoms with Crippen LogP contribution in [0.5, 0.6) is 5.75 Å². The van der Waals surface area contributed by atoms with Crippen LogP contribution in [-0.2, 0) is 19.6 Å². The molecule has 6 nitrogen and oxygen atoms in total. The van der Waals surface area contributed by atoms with Gasteiger partial charge in [0.1, 0.15) is 11.8 Å². The van der Waals surface area contributed by atoms with Gasteiger partial charge in [-0.2, -0.15) is 4.72 Å². The molecule has 2 aromatic carbocycles. The van der Waals surface area contributed by atoms with Gasteiger partial charge in [-0.05, 0) is 29.7 Å². The van der Waals surface area contributed by atoms with E-state index in [1.807, 2.05) is 24.3 Å². The van der Waals surface area contributed by atoms with Crippen molar-refractivity contribution in [1.29, 1.82) is 0 Å². The van der Waals surface area contributed by atoms with Crippen molar-refractivity contribution in [2.24, 2.45) is 5.92 Å². The fourth-order valence-corrected chi connectivity index (χ4v) is 3.85. The third kappa shape index (κ3) is 4.42. The summed E-state index contributed by atoms with van der Waals surface area (Å²) in [6.45, 7) is 3.49. The molecule has 0 bridgehead atoms. The zero-order chi connectivity index (χ0) is 19.3. The van der Waals surface area contributed by atoms with Gasteiger partial charge in [-0.25, -0.2) is 8.42 Å². The summed E-state index contributed by atoms with van der Waals surface area (Å²) in [6.07, 6.45) is 0. The van der Waals surface area contributed by atoms with E-state index in [-0.39, 0.29) is 10.8 Å². The number of methoxy groups -OCH3 is 2. The Labute approximate surface area is 154 Å². The number of carbonyl (C=O) groups excluding carboxylic acids is 1. The second-order valence-electron chi connectivity index (χ2n) is 6.09. The Balaban J connectivity index is 2.30. The number of hydrogen-bond acceptors (Lipinski definition) is 5. The zero-order valence-corrected chi connectivity index (χ0v) is 16.0. The summed E-state index contributed by atoms with van der Waals surface area (Å²) in [5.74, 6) is -0.161. The summed E-state index contributed by atoms with van der Waals surface area (Å²) in [6, 6.07) is 12.9. The zero-order valence-electron chi connectivity index (χ0n) is 15.2. The van der Waals surface area contributed by atoms with E-state index >= 15 is 0 Å². The largest absolute Gasteiger partial charge is 0.496 e. The van der Waals surface area contributed by atoms with Gasteiger partial charge in [-0.3, -0.25) is 4.79 Å². The molecule has 140 valence electrons. The molecule has 1 atom stereocenters. The van der Waals surface area contributed by atoms with Crippen LogP contribution in [0, 0.1) is 5.92 Å². The maximum Gasteiger partial charge on any atom is 0.324 e. The van der Waals surface area contributed by atoms with Gasteiger partial charge in [0, 0.05) is 5.56 Å². The SMILES string of the molecule is COc1ccccc1-c1ccc(S(=O)(=O)N[C@H](C(=O)O[11CH3])C(C)C)cc1. The summed E-state index contributed by atoms with van der Waals surface area (Å²) < 4.78 is 37.6. The van der Waals surface area contributed by atoms with Gasteiger partial charge in [0.05, 0.1) is 19.1 Å². The molecule has 0 amide bonds. The molecule has 0 heterocycles. The maximum absolute atomic E-state index is 12.6. The molecule has 0 aromatic heterocycles. The summed E-state index contributed by atoms with van der Waals surface area (Å²) >= 11 is 0. The number of sulfonamides is 1. The Morgan fingerprint density at radius 3 is 2.15 bits per heavy atom. The van der Waals surface area contributed by atoms with Gasteiger partial charge < -0.3 is 9.47 Å². The number of esters is 1. The second-order valence-corrected chi connectivity index (χ2v) is 7.80. The van der Waals surface area contributed by atoms with E-state index in [4.69, 9.17) is 4.74 Å². The summed E-state index contributed by atoms with van der Waals surface area (Å²) in [7, 11) is -1.04. The quantitative estimate of drug-likeness (QED) is 0.752. The van der Waals surface area contributed by atoms with Gasteiger partial charge in [0.2, 0.25) is 10.0 Å². The maximum atomic E-state index is 12.6. The van der Waals surface area contributed by atoms with Crippen LogP contribution in [0.2, 0.25) is 0 Å². The molecule has 0 aliphatic heterocycles. The van der Waals surface area contributed by atoms with Gasteiger partial charge in [0.25, 0.3) is 0 Å². The minimum Gasteiger partial charge on any atom is -0.496 e. The normalized spacial score (nSPS) is 12.7. The third-order valence-corrected chi connectivity index (χ3v) is 5.44. The van der Waals surface area contributed by atoms with E-state index in [2.05, 4.69) is 9.46 Å². The first-order valence-corrected chi connectivity index (χ1v) is 9.62. The van der Waals surface area contributed by atoms with E-state index < -0.39 is 22.0 Å². The van der Waals surface area contributed by atoms with Crippen LogP contribution in [0.3, 0.4) is 0 Å². The number of hydrogen-bond donors (Lipinski definition) is 1. The van der Waals surface area contributed by atoms with Crippen LogP contribution in [-0.4, -0.2) is 34.6 Å². The molecule has 0 unspecified atom stereocenters. The van der Waals surface area contributed by atoms with E-state index in [0.717, 1.165) is 11.1 Å². The Morgan fingerprint density at radius 1 is 1.00 bits per heavy atom. The van der Waals surface area contributed by atoms with Gasteiger partial charge in [0.15, 0.2) is 0 Å². The highest BCUT2D eigenvalue weighted by Gasteiger charge is 2.29. The molecule has 0 spiro atoms. The predicted molar refractivity (Wildman–Crippen MR) is 99.4 cm³/mol. The Kier molecular flexibility index (Phi) is 6.39. The smallest absolute Gasteiger partial charge is 0.324 e. The van der Waals surface area contributed by atoms with Crippen LogP contribution in [0.1, 0.15) is 13.8 Å². The summed E-state index contributed by atoms with van der Waals surface area (Å²) in [4.78, 5) is 11.9. The number of nitrogens with one attached hydrogen (secondary N) is 1. The topological polar surface area (TPSA) is 81.7 Å². The first-order valence-electron chi connectivity index (χ1n) is 8.13. The minimum absolute atomic E-state index is 0.0747. The molecule has 0 radical (unpaired) electrons. The molecule has 0 fully saturated rings. The van der Waals surface area contributed by atoms with Crippen molar-refractivity contribution in [3.8, 4) is 16.9 Å². The molecule has 0 saturated carbocycles. The van der Waals surface area contributed by atoms with Crippen LogP contribution >= 0.6 is 0 Å². The van der Waals surface area contributed by atoms with Crippen LogP contribution in [0.15, 0.2) is 53.4 Å². The van der Waals surface area contributed by atoms with Crippen molar-refractivity contribution < 1.29 is 22.7 Å². The number of rotatable bonds is 7. The predicted octanol–water partition coefficient (Wildman–Crippen LogP) is 2.84. The number of para-hydroxylation sites is 1. The number of ether oxygens (including phenoxy) is 2. The van der Waals surface area contributed by atoms with Crippen molar-refractivity contribution in [3.05, 3.63) is 48.5 Å². The first-order chi connectivity index (χ1) is 12.3. The molecular formula is C19H23NO5S. The molecule has 0 aliphatic carbocycles. The van der Waals surface area contributed by atoms with E-state index in [1.54, 1.807) is 33.1 Å². The fraction of sp³-hybridized carbons (Fsp3) is 0.316. The Bertz CT molecular complexity index is 860. The van der Waals surface area contributed by atoms with Crippen molar-refractivity contribution in [2.45, 2.75) is 24.8 Å². The number of carbonyl (C=O) groups is 1. The Morgan fingerprint density at radius 2 is 1.62 bits per heavy atom.